The maximum Gasteiger partial charge on any atom is 0.440 e. The number of primary amides is 1. The predicted octanol–water partition coefficient (Wildman–Crippen LogP) is -0.550. The molecule has 0 fully saturated rings. The first-order chi connectivity index (χ1) is 4.75. The molecule has 0 bridgehead atoms. The second kappa shape index (κ2) is 2.20. The van der Waals surface area contributed by atoms with Gasteiger partial charge in [-0.2, -0.15) is 0 Å². The van der Waals surface area contributed by atoms with Crippen LogP contribution in [0.1, 0.15) is 0 Å². The number of amidine groups is 1. The van der Waals surface area contributed by atoms with Gasteiger partial charge in [0.05, 0.1) is 11.3 Å². The van der Waals surface area contributed by atoms with E-state index in [4.69, 9.17) is 11.3 Å². The van der Waals surface area contributed by atoms with Crippen LogP contribution in [0, 0.1) is 0 Å². The lowest BCUT2D eigenvalue weighted by atomic mass is 10.3. The Kier molecular flexibility index (Phi) is 1.39. The van der Waals surface area contributed by atoms with Gasteiger partial charge in [-0.1, -0.05) is 0 Å². The Morgan fingerprint density at radius 2 is 2.50 bits per heavy atom. The van der Waals surface area contributed by atoms with Crippen molar-refractivity contribution in [1.29, 1.82) is 0 Å². The van der Waals surface area contributed by atoms with Crippen molar-refractivity contribution in [2.24, 2.45) is 16.0 Å². The van der Waals surface area contributed by atoms with Gasteiger partial charge in [0.15, 0.2) is 5.57 Å². The van der Waals surface area contributed by atoms with Crippen LogP contribution in [-0.2, 0) is 4.79 Å². The van der Waals surface area contributed by atoms with E-state index in [1.807, 2.05) is 0 Å². The summed E-state index contributed by atoms with van der Waals surface area (Å²) < 4.78 is 0. The first kappa shape index (κ1) is 6.31. The zero-order valence-electron chi connectivity index (χ0n) is 4.85. The molecule has 0 unspecified atom stereocenters. The van der Waals surface area contributed by atoms with Gasteiger partial charge in [-0.05, 0) is 5.11 Å². The third-order valence-electron chi connectivity index (χ3n) is 0.940. The zero-order valence-corrected chi connectivity index (χ0v) is 4.85. The molecular weight excluding hydrogens is 134 g/mol. The lowest BCUT2D eigenvalue weighted by Crippen LogP contribution is -2.18. The Bertz CT molecular complexity index is 282. The van der Waals surface area contributed by atoms with E-state index in [0.29, 0.717) is 0 Å². The highest BCUT2D eigenvalue weighted by atomic mass is 16.1. The highest BCUT2D eigenvalue weighted by molar-refractivity contribution is 6.19. The van der Waals surface area contributed by atoms with Crippen molar-refractivity contribution in [1.82, 2.24) is 0 Å². The molecule has 10 heavy (non-hydrogen) atoms. The molecule has 1 heterocycles. The van der Waals surface area contributed by atoms with Crippen molar-refractivity contribution < 1.29 is 9.58 Å². The van der Waals surface area contributed by atoms with Gasteiger partial charge in [0, 0.05) is 0 Å². The van der Waals surface area contributed by atoms with E-state index in [9.17, 15) is 4.79 Å². The van der Waals surface area contributed by atoms with Gasteiger partial charge < -0.3 is 16.1 Å². The minimum atomic E-state index is -0.710. The molecule has 0 atom stereocenters. The Labute approximate surface area is 55.7 Å². The second-order valence-corrected chi connectivity index (χ2v) is 1.55. The Balaban J connectivity index is 3.04. The summed E-state index contributed by atoms with van der Waals surface area (Å²) in [7, 11) is 0. The normalized spacial score (nSPS) is 14.8. The topological polar surface area (TPSA) is 104 Å². The second-order valence-electron chi connectivity index (χ2n) is 1.55. The third-order valence-corrected chi connectivity index (χ3v) is 0.940. The highest BCUT2D eigenvalue weighted by Crippen LogP contribution is 2.04. The Hall–Kier alpha value is -1.81. The lowest BCUT2D eigenvalue weighted by Gasteiger charge is -1.81. The summed E-state index contributed by atoms with van der Waals surface area (Å²) in [5.74, 6) is -0.856. The van der Waals surface area contributed by atoms with Gasteiger partial charge in [-0.3, -0.25) is 4.79 Å². The summed E-state index contributed by atoms with van der Waals surface area (Å²) in [6.07, 6.45) is 1.14. The van der Waals surface area contributed by atoms with Crippen LogP contribution in [0.15, 0.2) is 22.0 Å². The largest absolute Gasteiger partial charge is 0.497 e. The van der Waals surface area contributed by atoms with Gasteiger partial charge in [0.2, 0.25) is 0 Å². The Morgan fingerprint density at radius 3 is 2.90 bits per heavy atom. The van der Waals surface area contributed by atoms with Gasteiger partial charge in [-0.15, -0.1) is 0 Å². The zero-order chi connectivity index (χ0) is 7.56. The molecule has 0 aromatic heterocycles. The average molecular weight is 137 g/mol. The third kappa shape index (κ3) is 0.828. The van der Waals surface area contributed by atoms with Crippen LogP contribution in [0.25, 0.3) is 5.53 Å². The Morgan fingerprint density at radius 1 is 1.80 bits per heavy atom. The molecule has 0 spiro atoms. The fourth-order valence-electron chi connectivity index (χ4n) is 0.501. The molecule has 0 saturated heterocycles. The lowest BCUT2D eigenvalue weighted by molar-refractivity contribution is -0.114. The fraction of sp³-hybridized carbons (Fsp3) is 0. The first-order valence-electron chi connectivity index (χ1n) is 2.39. The van der Waals surface area contributed by atoms with Crippen molar-refractivity contribution in [3.8, 4) is 0 Å². The number of rotatable bonds is 1. The summed E-state index contributed by atoms with van der Waals surface area (Å²) >= 11 is 0. The van der Waals surface area contributed by atoms with Crippen LogP contribution < -0.4 is 5.73 Å². The van der Waals surface area contributed by atoms with Gasteiger partial charge in [-0.25, -0.2) is 0 Å². The number of carbonyl (C=O) groups is 1. The van der Waals surface area contributed by atoms with Crippen LogP contribution in [0.3, 0.4) is 0 Å². The number of hydrogen-bond donors (Lipinski definition) is 1. The molecule has 1 aliphatic rings. The van der Waals surface area contributed by atoms with Crippen molar-refractivity contribution >= 4 is 11.7 Å². The van der Waals surface area contributed by atoms with Gasteiger partial charge in [0.25, 0.3) is 5.91 Å². The molecule has 0 radical (unpaired) electrons. The van der Waals surface area contributed by atoms with E-state index < -0.39 is 5.91 Å². The minimum Gasteiger partial charge on any atom is -0.497 e. The molecule has 6 nitrogen and oxygen atoms in total. The van der Waals surface area contributed by atoms with Crippen LogP contribution in [0.5, 0.6) is 0 Å². The van der Waals surface area contributed by atoms with Gasteiger partial charge >= 0.3 is 5.84 Å². The molecule has 1 aliphatic heterocycles. The predicted molar refractivity (Wildman–Crippen MR) is 30.8 cm³/mol. The molecular formula is C4H3N5O. The van der Waals surface area contributed by atoms with E-state index in [-0.39, 0.29) is 11.4 Å². The van der Waals surface area contributed by atoms with E-state index in [0.717, 1.165) is 6.20 Å². The summed E-state index contributed by atoms with van der Waals surface area (Å²) in [5.41, 5.74) is 13.0. The quantitative estimate of drug-likeness (QED) is 0.380. The van der Waals surface area contributed by atoms with Crippen LogP contribution >= 0.6 is 0 Å². The van der Waals surface area contributed by atoms with Crippen molar-refractivity contribution in [3.63, 3.8) is 0 Å². The first-order valence-corrected chi connectivity index (χ1v) is 2.39. The van der Waals surface area contributed by atoms with E-state index in [2.05, 4.69) is 15.0 Å². The van der Waals surface area contributed by atoms with Gasteiger partial charge in [0.1, 0.15) is 0 Å². The maximum absolute atomic E-state index is 10.4. The molecule has 1 amide bonds. The number of amides is 1. The molecule has 1 rings (SSSR count). The van der Waals surface area contributed by atoms with E-state index in [1.165, 1.54) is 0 Å². The SMILES string of the molecule is [N-]=[N+]=C1N=NC=C1C(N)=O. The number of nitrogens with zero attached hydrogens (tertiary/aromatic N) is 4. The molecule has 2 N–H and O–H groups in total. The highest BCUT2D eigenvalue weighted by Gasteiger charge is 2.25. The average Bonchev–Trinajstić information content (AvgIpc) is 2.33. The van der Waals surface area contributed by atoms with Crippen LogP contribution in [-0.4, -0.2) is 16.5 Å². The molecule has 0 aromatic carbocycles. The van der Waals surface area contributed by atoms with Crippen LogP contribution in [0.2, 0.25) is 0 Å². The number of carbonyl (C=O) groups excluding carboxylic acids is 1. The van der Waals surface area contributed by atoms with E-state index >= 15 is 0 Å². The summed E-state index contributed by atoms with van der Waals surface area (Å²) in [4.78, 5) is 13.1. The smallest absolute Gasteiger partial charge is 0.440 e. The molecule has 0 saturated carbocycles. The monoisotopic (exact) mass is 137 g/mol. The fourth-order valence-corrected chi connectivity index (χ4v) is 0.501. The molecule has 0 aromatic rings. The van der Waals surface area contributed by atoms with Crippen molar-refractivity contribution in [2.75, 3.05) is 0 Å². The molecule has 6 heteroatoms. The van der Waals surface area contributed by atoms with Crippen LogP contribution in [0.4, 0.5) is 0 Å². The summed E-state index contributed by atoms with van der Waals surface area (Å²) in [5, 5.41) is 6.60. The summed E-state index contributed by atoms with van der Waals surface area (Å²) in [6, 6.07) is 0. The van der Waals surface area contributed by atoms with Crippen molar-refractivity contribution in [3.05, 3.63) is 17.3 Å². The number of hydrogen-bond acceptors (Lipinski definition) is 2. The number of azo groups is 1. The number of nitrogens with two attached hydrogens (primary N) is 1. The molecule has 50 valence electrons. The minimum absolute atomic E-state index is 0.0162. The summed E-state index contributed by atoms with van der Waals surface area (Å²) in [6.45, 7) is 0. The van der Waals surface area contributed by atoms with E-state index in [1.54, 1.807) is 0 Å². The van der Waals surface area contributed by atoms with Crippen molar-refractivity contribution in [2.45, 2.75) is 0 Å². The standard InChI is InChI=1S/C4H3N5O/c5-3(10)2-1-7-9-4(2)8-6/h1H,(H2,5,10). The molecule has 0 aliphatic carbocycles. The maximum atomic E-state index is 10.4.